The summed E-state index contributed by atoms with van der Waals surface area (Å²) in [6, 6.07) is 7.34. The zero-order valence-electron chi connectivity index (χ0n) is 11.6. The maximum absolute atomic E-state index is 12.4. The first-order chi connectivity index (χ1) is 9.69. The summed E-state index contributed by atoms with van der Waals surface area (Å²) in [5.74, 6) is 1.73. The van der Waals surface area contributed by atoms with E-state index in [1.165, 1.54) is 0 Å². The molecule has 2 heterocycles. The molecule has 108 valence electrons. The van der Waals surface area contributed by atoms with Crippen molar-refractivity contribution in [3.63, 3.8) is 0 Å². The van der Waals surface area contributed by atoms with Gasteiger partial charge in [-0.25, -0.2) is 0 Å². The van der Waals surface area contributed by atoms with Crippen LogP contribution in [0.3, 0.4) is 0 Å². The normalized spacial score (nSPS) is 12.3. The SMILES string of the molecule is CC(CN)CC(=O)N(Cc1ccco1)Cc1ccco1. The third-order valence-corrected chi connectivity index (χ3v) is 3.13. The summed E-state index contributed by atoms with van der Waals surface area (Å²) in [6.45, 7) is 3.34. The molecule has 0 bridgehead atoms. The summed E-state index contributed by atoms with van der Waals surface area (Å²) in [4.78, 5) is 14.1. The first-order valence-corrected chi connectivity index (χ1v) is 6.71. The molecule has 0 radical (unpaired) electrons. The second kappa shape index (κ2) is 6.96. The molecule has 0 saturated heterocycles. The number of furan rings is 2. The van der Waals surface area contributed by atoms with Crippen molar-refractivity contribution in [3.05, 3.63) is 48.3 Å². The van der Waals surface area contributed by atoms with Crippen molar-refractivity contribution in [2.45, 2.75) is 26.4 Å². The summed E-state index contributed by atoms with van der Waals surface area (Å²) < 4.78 is 10.6. The molecule has 1 atom stereocenters. The minimum atomic E-state index is 0.0516. The highest BCUT2D eigenvalue weighted by atomic mass is 16.3. The summed E-state index contributed by atoms with van der Waals surface area (Å²) in [5, 5.41) is 0. The maximum atomic E-state index is 12.4. The van der Waals surface area contributed by atoms with E-state index in [1.807, 2.05) is 31.2 Å². The van der Waals surface area contributed by atoms with Gasteiger partial charge in [-0.2, -0.15) is 0 Å². The van der Waals surface area contributed by atoms with Crippen LogP contribution < -0.4 is 5.73 Å². The fourth-order valence-electron chi connectivity index (χ4n) is 1.92. The average Bonchev–Trinajstić information content (AvgIpc) is 3.11. The Morgan fingerprint density at radius 2 is 1.75 bits per heavy atom. The van der Waals surface area contributed by atoms with E-state index < -0.39 is 0 Å². The van der Waals surface area contributed by atoms with Gasteiger partial charge in [-0.3, -0.25) is 4.79 Å². The van der Waals surface area contributed by atoms with Gasteiger partial charge in [0.25, 0.3) is 0 Å². The molecule has 0 saturated carbocycles. The predicted octanol–water partition coefficient (Wildman–Crippen LogP) is 2.39. The molecule has 2 N–H and O–H groups in total. The fourth-order valence-corrected chi connectivity index (χ4v) is 1.92. The van der Waals surface area contributed by atoms with Gasteiger partial charge in [-0.1, -0.05) is 6.92 Å². The second-order valence-electron chi connectivity index (χ2n) is 4.95. The van der Waals surface area contributed by atoms with E-state index >= 15 is 0 Å². The van der Waals surface area contributed by atoms with Gasteiger partial charge in [-0.05, 0) is 36.7 Å². The van der Waals surface area contributed by atoms with Crippen molar-refractivity contribution in [2.24, 2.45) is 11.7 Å². The lowest BCUT2D eigenvalue weighted by atomic mass is 10.1. The van der Waals surface area contributed by atoms with Crippen LogP contribution in [0.5, 0.6) is 0 Å². The van der Waals surface area contributed by atoms with E-state index in [-0.39, 0.29) is 11.8 Å². The van der Waals surface area contributed by atoms with Crippen molar-refractivity contribution in [1.29, 1.82) is 0 Å². The number of carbonyl (C=O) groups is 1. The second-order valence-corrected chi connectivity index (χ2v) is 4.95. The number of hydrogen-bond donors (Lipinski definition) is 1. The van der Waals surface area contributed by atoms with Crippen LogP contribution in [0.15, 0.2) is 45.6 Å². The first kappa shape index (κ1) is 14.4. The summed E-state index contributed by atoms with van der Waals surface area (Å²) in [7, 11) is 0. The molecule has 0 fully saturated rings. The van der Waals surface area contributed by atoms with Crippen LogP contribution in [-0.4, -0.2) is 17.4 Å². The zero-order chi connectivity index (χ0) is 14.4. The van der Waals surface area contributed by atoms with Crippen molar-refractivity contribution in [3.8, 4) is 0 Å². The van der Waals surface area contributed by atoms with Crippen LogP contribution in [0.1, 0.15) is 24.9 Å². The Morgan fingerprint density at radius 1 is 1.20 bits per heavy atom. The molecule has 0 aliphatic carbocycles. The van der Waals surface area contributed by atoms with Gasteiger partial charge in [0.05, 0.1) is 25.6 Å². The molecule has 2 rings (SSSR count). The van der Waals surface area contributed by atoms with E-state index in [4.69, 9.17) is 14.6 Å². The molecule has 0 aliphatic rings. The van der Waals surface area contributed by atoms with E-state index in [9.17, 15) is 4.79 Å². The van der Waals surface area contributed by atoms with Crippen LogP contribution in [0.2, 0.25) is 0 Å². The molecular formula is C15H20N2O3. The Balaban J connectivity index is 2.04. The fraction of sp³-hybridized carbons (Fsp3) is 0.400. The van der Waals surface area contributed by atoms with Gasteiger partial charge in [-0.15, -0.1) is 0 Å². The maximum Gasteiger partial charge on any atom is 0.223 e. The van der Waals surface area contributed by atoms with Gasteiger partial charge in [0.15, 0.2) is 0 Å². The number of nitrogens with two attached hydrogens (primary N) is 1. The van der Waals surface area contributed by atoms with Crippen LogP contribution in [0.25, 0.3) is 0 Å². The Morgan fingerprint density at radius 3 is 2.15 bits per heavy atom. The summed E-state index contributed by atoms with van der Waals surface area (Å²) >= 11 is 0. The molecule has 1 unspecified atom stereocenters. The molecule has 0 aromatic carbocycles. The highest BCUT2D eigenvalue weighted by molar-refractivity contribution is 5.76. The summed E-state index contributed by atoms with van der Waals surface area (Å²) in [5.41, 5.74) is 5.58. The van der Waals surface area contributed by atoms with Crippen LogP contribution >= 0.6 is 0 Å². The third kappa shape index (κ3) is 3.99. The van der Waals surface area contributed by atoms with Gasteiger partial charge in [0.2, 0.25) is 5.91 Å². The molecule has 20 heavy (non-hydrogen) atoms. The predicted molar refractivity (Wildman–Crippen MR) is 74.5 cm³/mol. The van der Waals surface area contributed by atoms with Crippen LogP contribution in [-0.2, 0) is 17.9 Å². The minimum absolute atomic E-state index is 0.0516. The van der Waals surface area contributed by atoms with Crippen molar-refractivity contribution in [1.82, 2.24) is 4.90 Å². The average molecular weight is 276 g/mol. The number of hydrogen-bond acceptors (Lipinski definition) is 4. The van der Waals surface area contributed by atoms with Gasteiger partial charge in [0.1, 0.15) is 11.5 Å². The number of nitrogens with zero attached hydrogens (tertiary/aromatic N) is 1. The lowest BCUT2D eigenvalue weighted by Gasteiger charge is -2.22. The summed E-state index contributed by atoms with van der Waals surface area (Å²) in [6.07, 6.45) is 3.64. The lowest BCUT2D eigenvalue weighted by Crippen LogP contribution is -2.32. The molecular weight excluding hydrogens is 256 g/mol. The Kier molecular flexibility index (Phi) is 5.01. The standard InChI is InChI=1S/C15H20N2O3/c1-12(9-16)8-15(18)17(10-13-4-2-6-19-13)11-14-5-3-7-20-14/h2-7,12H,8-11,16H2,1H3. The molecule has 2 aromatic heterocycles. The molecule has 2 aromatic rings. The lowest BCUT2D eigenvalue weighted by molar-refractivity contribution is -0.133. The van der Waals surface area contributed by atoms with Gasteiger partial charge >= 0.3 is 0 Å². The topological polar surface area (TPSA) is 72.6 Å². The van der Waals surface area contributed by atoms with Gasteiger partial charge < -0.3 is 19.5 Å². The highest BCUT2D eigenvalue weighted by Gasteiger charge is 2.18. The van der Waals surface area contributed by atoms with Crippen molar-refractivity contribution < 1.29 is 13.6 Å². The Hall–Kier alpha value is -2.01. The van der Waals surface area contributed by atoms with E-state index in [2.05, 4.69) is 0 Å². The van der Waals surface area contributed by atoms with Gasteiger partial charge in [0, 0.05) is 6.42 Å². The Labute approximate surface area is 118 Å². The van der Waals surface area contributed by atoms with Crippen molar-refractivity contribution in [2.75, 3.05) is 6.54 Å². The monoisotopic (exact) mass is 276 g/mol. The number of rotatable bonds is 7. The molecule has 0 spiro atoms. The zero-order valence-corrected chi connectivity index (χ0v) is 11.6. The quantitative estimate of drug-likeness (QED) is 0.842. The largest absolute Gasteiger partial charge is 0.467 e. The molecule has 0 aliphatic heterocycles. The molecule has 5 heteroatoms. The van der Waals surface area contributed by atoms with Crippen LogP contribution in [0, 0.1) is 5.92 Å². The third-order valence-electron chi connectivity index (χ3n) is 3.13. The first-order valence-electron chi connectivity index (χ1n) is 6.71. The van der Waals surface area contributed by atoms with E-state index in [0.717, 1.165) is 11.5 Å². The highest BCUT2D eigenvalue weighted by Crippen LogP contribution is 2.14. The number of amides is 1. The van der Waals surface area contributed by atoms with E-state index in [0.29, 0.717) is 26.1 Å². The van der Waals surface area contributed by atoms with Crippen LogP contribution in [0.4, 0.5) is 0 Å². The smallest absolute Gasteiger partial charge is 0.223 e. The Bertz CT molecular complexity index is 469. The molecule has 1 amide bonds. The number of carbonyl (C=O) groups excluding carboxylic acids is 1. The van der Waals surface area contributed by atoms with E-state index in [1.54, 1.807) is 17.4 Å². The molecule has 5 nitrogen and oxygen atoms in total. The minimum Gasteiger partial charge on any atom is -0.467 e. The van der Waals surface area contributed by atoms with Crippen molar-refractivity contribution >= 4 is 5.91 Å².